The van der Waals surface area contributed by atoms with Crippen LogP contribution in [-0.4, -0.2) is 47.1 Å². The molecule has 158 valence electrons. The monoisotopic (exact) mass is 419 g/mol. The van der Waals surface area contributed by atoms with E-state index in [1.807, 2.05) is 40.8 Å². The highest BCUT2D eigenvalue weighted by Gasteiger charge is 2.37. The standard InChI is InChI=1S/C21H29N5O2.ClH/c1-14(16-4-5-16)25(17-6-8-19(28-3)9-7-17)21(27)20-15(2)26(24-23-20)18-10-12-22-13-11-18;/h6-9,14,16,18,22H,4-5,10-13H2,1-3H3;1H. The van der Waals surface area contributed by atoms with Crippen molar-refractivity contribution in [1.82, 2.24) is 20.3 Å². The van der Waals surface area contributed by atoms with E-state index in [9.17, 15) is 4.79 Å². The van der Waals surface area contributed by atoms with Gasteiger partial charge in [-0.05, 0) is 82.8 Å². The van der Waals surface area contributed by atoms with Crippen molar-refractivity contribution < 1.29 is 9.53 Å². The van der Waals surface area contributed by atoms with Crippen LogP contribution in [0.15, 0.2) is 24.3 Å². The minimum atomic E-state index is -0.0674. The van der Waals surface area contributed by atoms with Crippen molar-refractivity contribution in [2.45, 2.75) is 51.6 Å². The fourth-order valence-electron chi connectivity index (χ4n) is 4.12. The van der Waals surface area contributed by atoms with Crippen LogP contribution in [-0.2, 0) is 0 Å². The molecule has 1 saturated carbocycles. The van der Waals surface area contributed by atoms with Gasteiger partial charge < -0.3 is 15.0 Å². The summed E-state index contributed by atoms with van der Waals surface area (Å²) >= 11 is 0. The van der Waals surface area contributed by atoms with Crippen LogP contribution in [0.3, 0.4) is 0 Å². The van der Waals surface area contributed by atoms with Crippen molar-refractivity contribution in [3.05, 3.63) is 35.7 Å². The minimum absolute atomic E-state index is 0. The Bertz CT molecular complexity index is 828. The number of methoxy groups -OCH3 is 1. The van der Waals surface area contributed by atoms with E-state index in [0.29, 0.717) is 17.7 Å². The van der Waals surface area contributed by atoms with Crippen molar-refractivity contribution in [2.75, 3.05) is 25.1 Å². The molecule has 1 unspecified atom stereocenters. The van der Waals surface area contributed by atoms with E-state index in [-0.39, 0.29) is 24.4 Å². The van der Waals surface area contributed by atoms with Gasteiger partial charge in [0, 0.05) is 11.7 Å². The number of nitrogens with zero attached hydrogens (tertiary/aromatic N) is 4. The summed E-state index contributed by atoms with van der Waals surface area (Å²) < 4.78 is 7.22. The average Bonchev–Trinajstić information content (AvgIpc) is 3.51. The van der Waals surface area contributed by atoms with Gasteiger partial charge in [0.25, 0.3) is 5.91 Å². The lowest BCUT2D eigenvalue weighted by Crippen LogP contribution is -2.40. The number of benzene rings is 1. The van der Waals surface area contributed by atoms with Crippen molar-refractivity contribution in [3.8, 4) is 5.75 Å². The summed E-state index contributed by atoms with van der Waals surface area (Å²) in [7, 11) is 1.65. The van der Waals surface area contributed by atoms with Crippen LogP contribution in [0.1, 0.15) is 54.8 Å². The van der Waals surface area contributed by atoms with E-state index in [4.69, 9.17) is 4.74 Å². The van der Waals surface area contributed by atoms with Gasteiger partial charge in [0.2, 0.25) is 0 Å². The predicted molar refractivity (Wildman–Crippen MR) is 115 cm³/mol. The number of ether oxygens (including phenoxy) is 1. The number of carbonyl (C=O) groups is 1. The molecule has 2 fully saturated rings. The van der Waals surface area contributed by atoms with E-state index >= 15 is 0 Å². The molecular weight excluding hydrogens is 390 g/mol. The molecule has 8 heteroatoms. The molecule has 2 aliphatic rings. The molecule has 1 atom stereocenters. The third kappa shape index (κ3) is 4.41. The van der Waals surface area contributed by atoms with E-state index in [1.165, 1.54) is 12.8 Å². The number of rotatable bonds is 6. The zero-order valence-corrected chi connectivity index (χ0v) is 18.1. The van der Waals surface area contributed by atoms with E-state index in [0.717, 1.165) is 43.1 Å². The van der Waals surface area contributed by atoms with Crippen LogP contribution in [0.5, 0.6) is 5.75 Å². The molecule has 1 saturated heterocycles. The van der Waals surface area contributed by atoms with Crippen molar-refractivity contribution in [3.63, 3.8) is 0 Å². The summed E-state index contributed by atoms with van der Waals surface area (Å²) in [5.74, 6) is 1.26. The summed E-state index contributed by atoms with van der Waals surface area (Å²) in [6.07, 6.45) is 4.36. The molecule has 0 spiro atoms. The Morgan fingerprint density at radius 3 is 2.45 bits per heavy atom. The molecular formula is C21H30ClN5O2. The van der Waals surface area contributed by atoms with E-state index in [2.05, 4.69) is 22.6 Å². The van der Waals surface area contributed by atoms with Gasteiger partial charge in [0.15, 0.2) is 5.69 Å². The molecule has 1 amide bonds. The zero-order valence-electron chi connectivity index (χ0n) is 17.3. The Kier molecular flexibility index (Phi) is 6.80. The number of carbonyl (C=O) groups excluding carboxylic acids is 1. The molecule has 1 aliphatic carbocycles. The first-order chi connectivity index (χ1) is 13.6. The van der Waals surface area contributed by atoms with E-state index < -0.39 is 0 Å². The maximum atomic E-state index is 13.6. The zero-order chi connectivity index (χ0) is 19.7. The van der Waals surface area contributed by atoms with Gasteiger partial charge in [-0.15, -0.1) is 17.5 Å². The molecule has 0 bridgehead atoms. The van der Waals surface area contributed by atoms with Gasteiger partial charge in [0.05, 0.1) is 18.8 Å². The van der Waals surface area contributed by atoms with Crippen LogP contribution >= 0.6 is 12.4 Å². The Morgan fingerprint density at radius 1 is 1.21 bits per heavy atom. The van der Waals surface area contributed by atoms with Gasteiger partial charge in [0.1, 0.15) is 5.75 Å². The molecule has 4 rings (SSSR count). The lowest BCUT2D eigenvalue weighted by atomic mass is 10.1. The largest absolute Gasteiger partial charge is 0.497 e. The van der Waals surface area contributed by atoms with Crippen LogP contribution in [0, 0.1) is 12.8 Å². The Morgan fingerprint density at radius 2 is 1.86 bits per heavy atom. The number of hydrogen-bond donors (Lipinski definition) is 1. The maximum Gasteiger partial charge on any atom is 0.280 e. The van der Waals surface area contributed by atoms with Gasteiger partial charge in [-0.2, -0.15) is 0 Å². The Hall–Kier alpha value is -2.12. The fourth-order valence-corrected chi connectivity index (χ4v) is 4.12. The molecule has 0 radical (unpaired) electrons. The second-order valence-electron chi connectivity index (χ2n) is 7.90. The maximum absolute atomic E-state index is 13.6. The predicted octanol–water partition coefficient (Wildman–Crippen LogP) is 3.39. The molecule has 1 aromatic carbocycles. The second-order valence-corrected chi connectivity index (χ2v) is 7.90. The van der Waals surface area contributed by atoms with Crippen LogP contribution < -0.4 is 15.0 Å². The lowest BCUT2D eigenvalue weighted by molar-refractivity contribution is 0.0970. The van der Waals surface area contributed by atoms with Gasteiger partial charge in [-0.25, -0.2) is 4.68 Å². The number of nitrogens with one attached hydrogen (secondary N) is 1. The minimum Gasteiger partial charge on any atom is -0.497 e. The van der Waals surface area contributed by atoms with Crippen LogP contribution in [0.4, 0.5) is 5.69 Å². The number of hydrogen-bond acceptors (Lipinski definition) is 5. The third-order valence-electron chi connectivity index (χ3n) is 6.07. The summed E-state index contributed by atoms with van der Waals surface area (Å²) in [5.41, 5.74) is 2.20. The summed E-state index contributed by atoms with van der Waals surface area (Å²) in [6.45, 7) is 6.05. The Balaban J connectivity index is 0.00000240. The van der Waals surface area contributed by atoms with Crippen molar-refractivity contribution in [2.24, 2.45) is 5.92 Å². The number of anilines is 1. The highest BCUT2D eigenvalue weighted by Crippen LogP contribution is 2.38. The molecule has 2 aromatic rings. The third-order valence-corrected chi connectivity index (χ3v) is 6.07. The highest BCUT2D eigenvalue weighted by molar-refractivity contribution is 6.05. The SMILES string of the molecule is COc1ccc(N(C(=O)c2nnn(C3CCNCC3)c2C)C(C)C2CC2)cc1.Cl. The Labute approximate surface area is 178 Å². The molecule has 1 aromatic heterocycles. The normalized spacial score (nSPS) is 18.0. The number of piperidine rings is 1. The number of halogens is 1. The topological polar surface area (TPSA) is 72.3 Å². The number of aromatic nitrogens is 3. The second kappa shape index (κ2) is 9.13. The average molecular weight is 420 g/mol. The lowest BCUT2D eigenvalue weighted by Gasteiger charge is -2.29. The fraction of sp³-hybridized carbons (Fsp3) is 0.571. The van der Waals surface area contributed by atoms with Crippen LogP contribution in [0.25, 0.3) is 0 Å². The first kappa shape index (κ1) is 21.6. The van der Waals surface area contributed by atoms with Crippen LogP contribution in [0.2, 0.25) is 0 Å². The van der Waals surface area contributed by atoms with Crippen molar-refractivity contribution in [1.29, 1.82) is 0 Å². The molecule has 2 heterocycles. The van der Waals surface area contributed by atoms with Gasteiger partial charge in [-0.1, -0.05) is 5.21 Å². The summed E-state index contributed by atoms with van der Waals surface area (Å²) in [6, 6.07) is 8.13. The number of amides is 1. The summed E-state index contributed by atoms with van der Waals surface area (Å²) in [4.78, 5) is 15.4. The molecule has 1 N–H and O–H groups in total. The molecule has 29 heavy (non-hydrogen) atoms. The molecule has 1 aliphatic heterocycles. The first-order valence-electron chi connectivity index (χ1n) is 10.2. The van der Waals surface area contributed by atoms with E-state index in [1.54, 1.807) is 7.11 Å². The summed E-state index contributed by atoms with van der Waals surface area (Å²) in [5, 5.41) is 12.0. The first-order valence-corrected chi connectivity index (χ1v) is 10.2. The highest BCUT2D eigenvalue weighted by atomic mass is 35.5. The smallest absolute Gasteiger partial charge is 0.280 e. The molecule has 7 nitrogen and oxygen atoms in total. The van der Waals surface area contributed by atoms with Crippen molar-refractivity contribution >= 4 is 24.0 Å². The van der Waals surface area contributed by atoms with Gasteiger partial charge in [-0.3, -0.25) is 4.79 Å². The quantitative estimate of drug-likeness (QED) is 0.777. The van der Waals surface area contributed by atoms with Gasteiger partial charge >= 0.3 is 0 Å².